The molecule has 0 aliphatic carbocycles. The first-order chi connectivity index (χ1) is 12.3. The summed E-state index contributed by atoms with van der Waals surface area (Å²) < 4.78 is 36.5. The van der Waals surface area contributed by atoms with Crippen LogP contribution in [0.25, 0.3) is 0 Å². The van der Waals surface area contributed by atoms with Gasteiger partial charge in [-0.2, -0.15) is 9.52 Å². The summed E-state index contributed by atoms with van der Waals surface area (Å²) in [6.45, 7) is 1.98. The molecular weight excluding hydrogens is 352 g/mol. The SMILES string of the molecule is COc1ccc(C2=NN(S(C)(=O)=O)[C@H](c3cccc(C)c3)C2)c(OC)c1. The van der Waals surface area contributed by atoms with Crippen molar-refractivity contribution >= 4 is 15.7 Å². The molecule has 3 rings (SSSR count). The monoisotopic (exact) mass is 374 g/mol. The second kappa shape index (κ2) is 6.99. The molecule has 1 heterocycles. The van der Waals surface area contributed by atoms with Crippen LogP contribution < -0.4 is 9.47 Å². The Hall–Kier alpha value is -2.54. The summed E-state index contributed by atoms with van der Waals surface area (Å²) in [4.78, 5) is 0. The van der Waals surface area contributed by atoms with Gasteiger partial charge in [0.05, 0.1) is 32.2 Å². The minimum atomic E-state index is -3.51. The number of rotatable bonds is 5. The van der Waals surface area contributed by atoms with Crippen LogP contribution in [0.5, 0.6) is 11.5 Å². The van der Waals surface area contributed by atoms with Crippen molar-refractivity contribution < 1.29 is 17.9 Å². The number of nitrogens with zero attached hydrogens (tertiary/aromatic N) is 2. The van der Waals surface area contributed by atoms with Gasteiger partial charge in [-0.15, -0.1) is 0 Å². The fourth-order valence-electron chi connectivity index (χ4n) is 3.12. The van der Waals surface area contributed by atoms with Crippen molar-refractivity contribution in [3.8, 4) is 11.5 Å². The van der Waals surface area contributed by atoms with Crippen LogP contribution in [0.4, 0.5) is 0 Å². The van der Waals surface area contributed by atoms with Gasteiger partial charge < -0.3 is 9.47 Å². The third kappa shape index (κ3) is 3.53. The lowest BCUT2D eigenvalue weighted by Crippen LogP contribution is -2.25. The highest BCUT2D eigenvalue weighted by molar-refractivity contribution is 7.88. The predicted molar refractivity (Wildman–Crippen MR) is 101 cm³/mol. The zero-order valence-corrected chi connectivity index (χ0v) is 16.1. The van der Waals surface area contributed by atoms with Crippen LogP contribution in [0.15, 0.2) is 47.6 Å². The Morgan fingerprint density at radius 1 is 1.12 bits per heavy atom. The van der Waals surface area contributed by atoms with E-state index in [4.69, 9.17) is 9.47 Å². The maximum atomic E-state index is 12.3. The van der Waals surface area contributed by atoms with Crippen molar-refractivity contribution in [3.05, 3.63) is 59.2 Å². The molecule has 1 aliphatic rings. The Labute approximate surface area is 154 Å². The zero-order valence-electron chi connectivity index (χ0n) is 15.3. The Kier molecular flexibility index (Phi) is 4.91. The molecule has 0 saturated heterocycles. The average molecular weight is 374 g/mol. The van der Waals surface area contributed by atoms with E-state index in [9.17, 15) is 8.42 Å². The summed E-state index contributed by atoms with van der Waals surface area (Å²) in [5.74, 6) is 1.26. The van der Waals surface area contributed by atoms with E-state index in [-0.39, 0.29) is 6.04 Å². The number of ether oxygens (including phenoxy) is 2. The van der Waals surface area contributed by atoms with Crippen LogP contribution in [-0.4, -0.2) is 39.0 Å². The Morgan fingerprint density at radius 2 is 1.88 bits per heavy atom. The van der Waals surface area contributed by atoms with Gasteiger partial charge in [0.2, 0.25) is 10.0 Å². The Morgan fingerprint density at radius 3 is 2.50 bits per heavy atom. The Bertz CT molecular complexity index is 954. The summed E-state index contributed by atoms with van der Waals surface area (Å²) in [5, 5.41) is 4.42. The van der Waals surface area contributed by atoms with Crippen LogP contribution >= 0.6 is 0 Å². The van der Waals surface area contributed by atoms with Crippen molar-refractivity contribution in [2.45, 2.75) is 19.4 Å². The van der Waals surface area contributed by atoms with E-state index in [0.717, 1.165) is 16.7 Å². The molecule has 26 heavy (non-hydrogen) atoms. The topological polar surface area (TPSA) is 68.2 Å². The van der Waals surface area contributed by atoms with Gasteiger partial charge in [-0.3, -0.25) is 0 Å². The lowest BCUT2D eigenvalue weighted by atomic mass is 9.97. The van der Waals surface area contributed by atoms with Crippen molar-refractivity contribution in [2.75, 3.05) is 20.5 Å². The third-order valence-corrected chi connectivity index (χ3v) is 5.37. The molecule has 1 atom stereocenters. The van der Waals surface area contributed by atoms with Gasteiger partial charge in [0.25, 0.3) is 0 Å². The van der Waals surface area contributed by atoms with Crippen molar-refractivity contribution in [3.63, 3.8) is 0 Å². The van der Waals surface area contributed by atoms with E-state index in [1.807, 2.05) is 43.3 Å². The molecule has 0 N–H and O–H groups in total. The normalized spacial score (nSPS) is 17.2. The molecule has 0 saturated carbocycles. The predicted octanol–water partition coefficient (Wildman–Crippen LogP) is 3.12. The second-order valence-electron chi connectivity index (χ2n) is 6.28. The van der Waals surface area contributed by atoms with Gasteiger partial charge in [0.15, 0.2) is 0 Å². The number of hydrogen-bond donors (Lipinski definition) is 0. The molecule has 0 aromatic heterocycles. The molecule has 2 aromatic carbocycles. The van der Waals surface area contributed by atoms with Gasteiger partial charge in [0, 0.05) is 18.1 Å². The number of hydrazone groups is 1. The first kappa shape index (κ1) is 18.3. The molecule has 0 spiro atoms. The number of methoxy groups -OCH3 is 2. The molecule has 0 bridgehead atoms. The number of hydrogen-bond acceptors (Lipinski definition) is 5. The molecule has 6 nitrogen and oxygen atoms in total. The van der Waals surface area contributed by atoms with Crippen molar-refractivity contribution in [2.24, 2.45) is 5.10 Å². The first-order valence-electron chi connectivity index (χ1n) is 8.19. The van der Waals surface area contributed by atoms with Crippen LogP contribution in [0.2, 0.25) is 0 Å². The van der Waals surface area contributed by atoms with Crippen LogP contribution in [0, 0.1) is 6.92 Å². The molecule has 0 radical (unpaired) electrons. The molecule has 0 fully saturated rings. The van der Waals surface area contributed by atoms with Gasteiger partial charge in [-0.05, 0) is 24.6 Å². The van der Waals surface area contributed by atoms with Crippen LogP contribution in [0.1, 0.15) is 29.2 Å². The molecule has 0 amide bonds. The minimum absolute atomic E-state index is 0.369. The standard InChI is InChI=1S/C19H22N2O4S/c1-13-6-5-7-14(10-13)18-12-17(20-21(18)26(4,22)23)16-9-8-15(24-2)11-19(16)25-3/h5-11,18H,12H2,1-4H3/t18-/m0/s1. The maximum Gasteiger partial charge on any atom is 0.247 e. The Balaban J connectivity index is 2.05. The number of sulfonamides is 1. The van der Waals surface area contributed by atoms with E-state index in [1.165, 1.54) is 10.7 Å². The molecule has 138 valence electrons. The van der Waals surface area contributed by atoms with Crippen LogP contribution in [0.3, 0.4) is 0 Å². The largest absolute Gasteiger partial charge is 0.497 e. The van der Waals surface area contributed by atoms with Gasteiger partial charge in [-0.1, -0.05) is 29.8 Å². The summed E-state index contributed by atoms with van der Waals surface area (Å²) >= 11 is 0. The average Bonchev–Trinajstić information content (AvgIpc) is 3.06. The zero-order chi connectivity index (χ0) is 18.9. The molecule has 1 aliphatic heterocycles. The summed E-state index contributed by atoms with van der Waals surface area (Å²) in [5.41, 5.74) is 3.42. The molecule has 7 heteroatoms. The van der Waals surface area contributed by atoms with E-state index >= 15 is 0 Å². The molecule has 2 aromatic rings. The lowest BCUT2D eigenvalue weighted by Gasteiger charge is -2.21. The summed E-state index contributed by atoms with van der Waals surface area (Å²) in [6.07, 6.45) is 1.65. The highest BCUT2D eigenvalue weighted by atomic mass is 32.2. The van der Waals surface area contributed by atoms with Crippen molar-refractivity contribution in [1.82, 2.24) is 4.41 Å². The van der Waals surface area contributed by atoms with Crippen LogP contribution in [-0.2, 0) is 10.0 Å². The lowest BCUT2D eigenvalue weighted by molar-refractivity contribution is 0.374. The number of benzene rings is 2. The fourth-order valence-corrected chi connectivity index (χ4v) is 4.02. The second-order valence-corrected chi connectivity index (χ2v) is 8.12. The molecular formula is C19H22N2O4S. The van der Waals surface area contributed by atoms with E-state index < -0.39 is 10.0 Å². The highest BCUT2D eigenvalue weighted by Crippen LogP contribution is 2.37. The third-order valence-electron chi connectivity index (χ3n) is 4.36. The summed E-state index contributed by atoms with van der Waals surface area (Å²) in [6, 6.07) is 12.9. The first-order valence-corrected chi connectivity index (χ1v) is 10.0. The van der Waals surface area contributed by atoms with Gasteiger partial charge >= 0.3 is 0 Å². The van der Waals surface area contributed by atoms with E-state index in [1.54, 1.807) is 20.3 Å². The minimum Gasteiger partial charge on any atom is -0.497 e. The van der Waals surface area contributed by atoms with E-state index in [2.05, 4.69) is 5.10 Å². The van der Waals surface area contributed by atoms with Gasteiger partial charge in [-0.25, -0.2) is 8.42 Å². The summed E-state index contributed by atoms with van der Waals surface area (Å²) in [7, 11) is -0.352. The van der Waals surface area contributed by atoms with Crippen molar-refractivity contribution in [1.29, 1.82) is 0 Å². The van der Waals surface area contributed by atoms with Gasteiger partial charge in [0.1, 0.15) is 11.5 Å². The fraction of sp³-hybridized carbons (Fsp3) is 0.316. The molecule has 0 unspecified atom stereocenters. The maximum absolute atomic E-state index is 12.3. The number of aryl methyl sites for hydroxylation is 1. The smallest absolute Gasteiger partial charge is 0.247 e. The highest BCUT2D eigenvalue weighted by Gasteiger charge is 2.35. The van der Waals surface area contributed by atoms with E-state index in [0.29, 0.717) is 23.6 Å². The quantitative estimate of drug-likeness (QED) is 0.806.